The van der Waals surface area contributed by atoms with Crippen LogP contribution in [0.1, 0.15) is 33.6 Å². The van der Waals surface area contributed by atoms with Crippen molar-refractivity contribution >= 4 is 27.4 Å². The van der Waals surface area contributed by atoms with E-state index in [-0.39, 0.29) is 24.7 Å². The third kappa shape index (κ3) is 4.37. The van der Waals surface area contributed by atoms with Crippen LogP contribution in [0.25, 0.3) is 10.1 Å². The number of esters is 1. The Bertz CT molecular complexity index is 1070. The van der Waals surface area contributed by atoms with Gasteiger partial charge in [-0.05, 0) is 54.8 Å². The Morgan fingerprint density at radius 1 is 1.17 bits per heavy atom. The van der Waals surface area contributed by atoms with Gasteiger partial charge in [-0.25, -0.2) is 4.98 Å². The summed E-state index contributed by atoms with van der Waals surface area (Å²) < 4.78 is 50.0. The Balaban J connectivity index is 1.86. The number of carbonyl (C=O) groups excluding carboxylic acids is 1. The molecule has 4 nitrogen and oxygen atoms in total. The van der Waals surface area contributed by atoms with Gasteiger partial charge in [0.05, 0.1) is 13.5 Å². The first-order valence-corrected chi connectivity index (χ1v) is 9.73. The first-order valence-electron chi connectivity index (χ1n) is 8.85. The van der Waals surface area contributed by atoms with Gasteiger partial charge < -0.3 is 9.47 Å². The maximum absolute atomic E-state index is 12.8. The lowest BCUT2D eigenvalue weighted by atomic mass is 10.0. The molecule has 0 atom stereocenters. The van der Waals surface area contributed by atoms with E-state index in [2.05, 4.69) is 4.98 Å². The molecule has 0 aliphatic carbocycles. The van der Waals surface area contributed by atoms with E-state index in [0.717, 1.165) is 32.8 Å². The van der Waals surface area contributed by atoms with E-state index in [1.165, 1.54) is 31.4 Å². The van der Waals surface area contributed by atoms with E-state index < -0.39 is 11.9 Å². The maximum Gasteiger partial charge on any atom is 0.433 e. The third-order valence-electron chi connectivity index (χ3n) is 4.75. The summed E-state index contributed by atoms with van der Waals surface area (Å²) in [6.45, 7) is 5.51. The molecule has 2 heterocycles. The van der Waals surface area contributed by atoms with Crippen LogP contribution in [0.3, 0.4) is 0 Å². The molecule has 8 heteroatoms. The van der Waals surface area contributed by atoms with Crippen molar-refractivity contribution in [2.75, 3.05) is 7.11 Å². The van der Waals surface area contributed by atoms with E-state index >= 15 is 0 Å². The zero-order chi connectivity index (χ0) is 21.3. The van der Waals surface area contributed by atoms with Gasteiger partial charge >= 0.3 is 12.1 Å². The van der Waals surface area contributed by atoms with Crippen molar-refractivity contribution in [1.29, 1.82) is 0 Å². The smallest absolute Gasteiger partial charge is 0.433 e. The number of fused-ring (bicyclic) bond motifs is 1. The SMILES string of the molecule is COC(=O)Cc1csc2c(C)c(OCc3ccc(C(F)(F)F)nc3C)cc(C)c12. The largest absolute Gasteiger partial charge is 0.489 e. The van der Waals surface area contributed by atoms with Crippen LogP contribution in [0.4, 0.5) is 13.2 Å². The number of thiophene rings is 1. The monoisotopic (exact) mass is 423 g/mol. The van der Waals surface area contributed by atoms with Crippen LogP contribution in [0, 0.1) is 20.8 Å². The lowest BCUT2D eigenvalue weighted by molar-refractivity contribution is -0.141. The molecule has 0 amide bonds. The first-order chi connectivity index (χ1) is 13.6. The van der Waals surface area contributed by atoms with E-state index in [1.807, 2.05) is 25.3 Å². The van der Waals surface area contributed by atoms with Gasteiger partial charge in [0, 0.05) is 21.5 Å². The quantitative estimate of drug-likeness (QED) is 0.506. The summed E-state index contributed by atoms with van der Waals surface area (Å²) >= 11 is 1.53. The average Bonchev–Trinajstić information content (AvgIpc) is 3.07. The van der Waals surface area contributed by atoms with Crippen LogP contribution in [0.15, 0.2) is 23.6 Å². The zero-order valence-corrected chi connectivity index (χ0v) is 17.3. The van der Waals surface area contributed by atoms with Crippen LogP contribution < -0.4 is 4.74 Å². The molecule has 2 aromatic heterocycles. The van der Waals surface area contributed by atoms with Gasteiger partial charge in [-0.15, -0.1) is 11.3 Å². The number of carbonyl (C=O) groups is 1. The van der Waals surface area contributed by atoms with Crippen LogP contribution in [-0.2, 0) is 28.7 Å². The first kappa shape index (κ1) is 21.1. The van der Waals surface area contributed by atoms with Gasteiger partial charge in [0.25, 0.3) is 0 Å². The molecule has 0 unspecified atom stereocenters. The highest BCUT2D eigenvalue weighted by molar-refractivity contribution is 7.17. The summed E-state index contributed by atoms with van der Waals surface area (Å²) in [4.78, 5) is 15.3. The molecule has 0 aliphatic rings. The number of nitrogens with zero attached hydrogens (tertiary/aromatic N) is 1. The number of halogens is 3. The molecule has 0 aliphatic heterocycles. The molecule has 0 saturated carbocycles. The van der Waals surface area contributed by atoms with E-state index in [4.69, 9.17) is 9.47 Å². The highest BCUT2D eigenvalue weighted by Gasteiger charge is 2.32. The predicted octanol–water partition coefficient (Wildman–Crippen LogP) is 5.53. The second kappa shape index (κ2) is 8.02. The number of hydrogen-bond acceptors (Lipinski definition) is 5. The van der Waals surface area contributed by atoms with E-state index in [0.29, 0.717) is 11.3 Å². The molecule has 0 spiro atoms. The van der Waals surface area contributed by atoms with Crippen molar-refractivity contribution in [2.24, 2.45) is 0 Å². The third-order valence-corrected chi connectivity index (χ3v) is 5.90. The standard InChI is InChI=1S/C21H20F3NO3S/c1-11-7-16(12(2)20-19(11)15(10-29-20)8-18(26)27-4)28-9-14-5-6-17(21(22,23)24)25-13(14)3/h5-7,10H,8-9H2,1-4H3. The fraction of sp³-hybridized carbons (Fsp3) is 0.333. The predicted molar refractivity (Wildman–Crippen MR) is 105 cm³/mol. The van der Waals surface area contributed by atoms with Crippen molar-refractivity contribution in [3.63, 3.8) is 0 Å². The topological polar surface area (TPSA) is 48.4 Å². The number of rotatable bonds is 5. The molecular weight excluding hydrogens is 403 g/mol. The Morgan fingerprint density at radius 2 is 1.90 bits per heavy atom. The summed E-state index contributed by atoms with van der Waals surface area (Å²) in [5.41, 5.74) is 2.75. The molecule has 3 rings (SSSR count). The second-order valence-corrected chi connectivity index (χ2v) is 7.64. The Kier molecular flexibility index (Phi) is 5.84. The number of pyridine rings is 1. The average molecular weight is 423 g/mol. The van der Waals surface area contributed by atoms with Gasteiger partial charge in [-0.1, -0.05) is 6.07 Å². The van der Waals surface area contributed by atoms with Gasteiger partial charge in [0.1, 0.15) is 18.1 Å². The Morgan fingerprint density at radius 3 is 2.52 bits per heavy atom. The summed E-state index contributed by atoms with van der Waals surface area (Å²) in [6, 6.07) is 4.24. The summed E-state index contributed by atoms with van der Waals surface area (Å²) in [7, 11) is 1.36. The maximum atomic E-state index is 12.8. The van der Waals surface area contributed by atoms with Crippen molar-refractivity contribution < 1.29 is 27.4 Å². The summed E-state index contributed by atoms with van der Waals surface area (Å²) in [5.74, 6) is 0.355. The molecule has 0 N–H and O–H groups in total. The minimum absolute atomic E-state index is 0.114. The van der Waals surface area contributed by atoms with Gasteiger partial charge in [0.15, 0.2) is 0 Å². The van der Waals surface area contributed by atoms with Crippen molar-refractivity contribution in [2.45, 2.75) is 40.0 Å². The lowest BCUT2D eigenvalue weighted by Gasteiger charge is -2.14. The highest BCUT2D eigenvalue weighted by atomic mass is 32.1. The summed E-state index contributed by atoms with van der Waals surface area (Å²) in [5, 5.41) is 2.95. The van der Waals surface area contributed by atoms with Crippen LogP contribution in [0.5, 0.6) is 5.75 Å². The highest BCUT2D eigenvalue weighted by Crippen LogP contribution is 2.37. The van der Waals surface area contributed by atoms with E-state index in [1.54, 1.807) is 0 Å². The molecule has 0 fully saturated rings. The minimum Gasteiger partial charge on any atom is -0.489 e. The lowest BCUT2D eigenvalue weighted by Crippen LogP contribution is -2.10. The number of alkyl halides is 3. The molecule has 29 heavy (non-hydrogen) atoms. The molecular formula is C21H20F3NO3S. The van der Waals surface area contributed by atoms with E-state index in [9.17, 15) is 18.0 Å². The fourth-order valence-corrected chi connectivity index (χ4v) is 4.30. The van der Waals surface area contributed by atoms with Crippen molar-refractivity contribution in [1.82, 2.24) is 4.98 Å². The molecule has 0 saturated heterocycles. The number of ether oxygens (including phenoxy) is 2. The normalized spacial score (nSPS) is 11.7. The van der Waals surface area contributed by atoms with Gasteiger partial charge in [-0.3, -0.25) is 4.79 Å². The van der Waals surface area contributed by atoms with Crippen molar-refractivity contribution in [3.8, 4) is 5.75 Å². The molecule has 0 bridgehead atoms. The van der Waals surface area contributed by atoms with Gasteiger partial charge in [-0.2, -0.15) is 13.2 Å². The number of methoxy groups -OCH3 is 1. The Labute approximate surface area is 170 Å². The summed E-state index contributed by atoms with van der Waals surface area (Å²) in [6.07, 6.45) is -4.27. The number of benzene rings is 1. The van der Waals surface area contributed by atoms with Crippen LogP contribution in [0.2, 0.25) is 0 Å². The van der Waals surface area contributed by atoms with Gasteiger partial charge in [0.2, 0.25) is 0 Å². The minimum atomic E-state index is -4.47. The second-order valence-electron chi connectivity index (χ2n) is 6.76. The molecule has 154 valence electrons. The van der Waals surface area contributed by atoms with Crippen LogP contribution in [-0.4, -0.2) is 18.1 Å². The van der Waals surface area contributed by atoms with Crippen molar-refractivity contribution in [3.05, 3.63) is 57.2 Å². The Hall–Kier alpha value is -2.61. The number of aryl methyl sites for hydroxylation is 3. The zero-order valence-electron chi connectivity index (χ0n) is 16.4. The fourth-order valence-electron chi connectivity index (χ4n) is 3.15. The molecule has 3 aromatic rings. The molecule has 1 aromatic carbocycles. The number of hydrogen-bond donors (Lipinski definition) is 0. The van der Waals surface area contributed by atoms with Crippen LogP contribution >= 0.6 is 11.3 Å². The molecule has 0 radical (unpaired) electrons. The number of aromatic nitrogens is 1.